The summed E-state index contributed by atoms with van der Waals surface area (Å²) in [6.07, 6.45) is -1.73. The van der Waals surface area contributed by atoms with E-state index in [0.29, 0.717) is 0 Å². The van der Waals surface area contributed by atoms with Gasteiger partial charge < -0.3 is 48.6 Å². The summed E-state index contributed by atoms with van der Waals surface area (Å²) in [4.78, 5) is 10.6. The topological polar surface area (TPSA) is 175 Å². The van der Waals surface area contributed by atoms with Crippen molar-refractivity contribution < 1.29 is 53.4 Å². The van der Waals surface area contributed by atoms with Gasteiger partial charge in [0.25, 0.3) is 0 Å². The fraction of sp³-hybridized carbons (Fsp3) is 0. The van der Waals surface area contributed by atoms with Crippen LogP contribution in [0, 0.1) is 0 Å². The normalized spacial score (nSPS) is 8.33. The molecule has 92 valence electrons. The molecule has 0 atom stereocenters. The number of carbonyl (C=O) groups is 1. The summed E-state index contributed by atoms with van der Waals surface area (Å²) in [6.45, 7) is 0. The van der Waals surface area contributed by atoms with Gasteiger partial charge in [-0.1, -0.05) is 0 Å². The first-order valence-corrected chi connectivity index (χ1v) is 3.58. The zero-order valence-electron chi connectivity index (χ0n) is 7.53. The number of rotatable bonds is 6. The first-order valence-electron chi connectivity index (χ1n) is 3.58. The van der Waals surface area contributed by atoms with Crippen LogP contribution < -0.4 is 0 Å². The molecule has 11 nitrogen and oxygen atoms in total. The Labute approximate surface area is 147 Å². The van der Waals surface area contributed by atoms with E-state index in [1.165, 1.54) is 0 Å². The predicted molar refractivity (Wildman–Crippen MR) is 60.4 cm³/mol. The van der Waals surface area contributed by atoms with Gasteiger partial charge in [0.2, 0.25) is 0 Å². The minimum absolute atomic E-state index is 0. The second-order valence-corrected chi connectivity index (χ2v) is 2.02. The van der Waals surface area contributed by atoms with Gasteiger partial charge in [0.15, 0.2) is 0 Å². The molecular formula is CH8B4Na2O11. The van der Waals surface area contributed by atoms with E-state index in [1.54, 1.807) is 0 Å². The fourth-order valence-corrected chi connectivity index (χ4v) is 0.456. The molecule has 0 saturated heterocycles. The Kier molecular flexibility index (Phi) is 17.8. The summed E-state index contributed by atoms with van der Waals surface area (Å²) in [6, 6.07) is 0. The molecule has 6 N–H and O–H groups in total. The van der Waals surface area contributed by atoms with E-state index >= 15 is 0 Å². The Morgan fingerprint density at radius 2 is 1.00 bits per heavy atom. The van der Waals surface area contributed by atoms with Gasteiger partial charge in [-0.3, -0.25) is 0 Å². The van der Waals surface area contributed by atoms with Crippen molar-refractivity contribution in [3.63, 3.8) is 0 Å². The van der Waals surface area contributed by atoms with Crippen LogP contribution in [0.5, 0.6) is 0 Å². The molecule has 18 heavy (non-hydrogen) atoms. The molecule has 0 saturated carbocycles. The molecule has 0 bridgehead atoms. The quantitative estimate of drug-likeness (QED) is 0.256. The van der Waals surface area contributed by atoms with Crippen LogP contribution in [-0.2, 0) is 18.5 Å². The van der Waals surface area contributed by atoms with Gasteiger partial charge in [-0.25, -0.2) is 4.79 Å². The molecule has 0 aliphatic rings. The SMILES string of the molecule is O=C(OB(O)OB(O)O)OB(O)OB(O)O.[NaH].[NaH]. The van der Waals surface area contributed by atoms with E-state index in [1.807, 2.05) is 0 Å². The number of hydrogen-bond acceptors (Lipinski definition) is 11. The summed E-state index contributed by atoms with van der Waals surface area (Å²) in [5, 5.41) is 49.7. The third-order valence-electron chi connectivity index (χ3n) is 0.870. The predicted octanol–water partition coefficient (Wildman–Crippen LogP) is -6.23. The van der Waals surface area contributed by atoms with E-state index in [4.69, 9.17) is 30.1 Å². The van der Waals surface area contributed by atoms with E-state index < -0.39 is 35.4 Å². The van der Waals surface area contributed by atoms with Crippen LogP contribution in [0.1, 0.15) is 0 Å². The summed E-state index contributed by atoms with van der Waals surface area (Å²) < 4.78 is 14.9. The Morgan fingerprint density at radius 3 is 1.22 bits per heavy atom. The Morgan fingerprint density at radius 1 is 0.722 bits per heavy atom. The number of hydrogen-bond donors (Lipinski definition) is 6. The molecule has 0 rings (SSSR count). The summed E-state index contributed by atoms with van der Waals surface area (Å²) in [5.41, 5.74) is 0. The number of carbonyl (C=O) groups excluding carboxylic acids is 1. The Hall–Kier alpha value is 1.21. The van der Waals surface area contributed by atoms with Gasteiger partial charge in [0.05, 0.1) is 0 Å². The van der Waals surface area contributed by atoms with Gasteiger partial charge in [-0.2, -0.15) is 0 Å². The standard InChI is InChI=1S/CH6B4O11.2Na.2H/c6-1(13-4(11)15-2(7)8)14-5(12)16-3(9)10;;;;/h7-12H;;;;. The molecule has 0 aromatic carbocycles. The van der Waals surface area contributed by atoms with Crippen LogP contribution in [0.15, 0.2) is 0 Å². The van der Waals surface area contributed by atoms with Gasteiger partial charge in [0, 0.05) is 0 Å². The molecule has 0 unspecified atom stereocenters. The molecule has 17 heteroatoms. The van der Waals surface area contributed by atoms with E-state index in [-0.39, 0.29) is 59.1 Å². The Balaban J connectivity index is -0.00000112. The third-order valence-corrected chi connectivity index (χ3v) is 0.870. The van der Waals surface area contributed by atoms with E-state index in [2.05, 4.69) is 18.5 Å². The van der Waals surface area contributed by atoms with Crippen molar-refractivity contribution in [2.24, 2.45) is 0 Å². The van der Waals surface area contributed by atoms with Crippen LogP contribution in [-0.4, -0.2) is 125 Å². The molecule has 0 aromatic rings. The maximum absolute atomic E-state index is 10.6. The molecule has 0 fully saturated rings. The molecule has 0 heterocycles. The first-order chi connectivity index (χ1) is 7.31. The van der Waals surface area contributed by atoms with Gasteiger partial charge in [-0.15, -0.1) is 0 Å². The fourth-order valence-electron chi connectivity index (χ4n) is 0.456. The van der Waals surface area contributed by atoms with Crippen LogP contribution in [0.25, 0.3) is 0 Å². The van der Waals surface area contributed by atoms with Gasteiger partial charge in [0.1, 0.15) is 0 Å². The molecule has 0 aromatic heterocycles. The zero-order chi connectivity index (χ0) is 12.7. The van der Waals surface area contributed by atoms with Crippen molar-refractivity contribution in [3.8, 4) is 0 Å². The van der Waals surface area contributed by atoms with Crippen molar-refractivity contribution in [2.75, 3.05) is 0 Å². The summed E-state index contributed by atoms with van der Waals surface area (Å²) in [5.74, 6) is 0. The van der Waals surface area contributed by atoms with E-state index in [9.17, 15) is 4.79 Å². The molecule has 0 spiro atoms. The van der Waals surface area contributed by atoms with Crippen LogP contribution >= 0.6 is 0 Å². The second kappa shape index (κ2) is 13.2. The molecule has 0 aliphatic carbocycles. The van der Waals surface area contributed by atoms with Gasteiger partial charge >= 0.3 is 94.6 Å². The van der Waals surface area contributed by atoms with Crippen molar-refractivity contribution in [3.05, 3.63) is 0 Å². The Bertz CT molecular complexity index is 195. The minimum atomic E-state index is -2.40. The third kappa shape index (κ3) is 15.3. The zero-order valence-corrected chi connectivity index (χ0v) is 7.53. The van der Waals surface area contributed by atoms with Crippen LogP contribution in [0.4, 0.5) is 4.79 Å². The van der Waals surface area contributed by atoms with Crippen LogP contribution in [0.2, 0.25) is 0 Å². The van der Waals surface area contributed by atoms with Gasteiger partial charge in [-0.05, 0) is 0 Å². The van der Waals surface area contributed by atoms with Crippen LogP contribution in [0.3, 0.4) is 0 Å². The average molecular weight is 285 g/mol. The maximum atomic E-state index is 10.6. The molecular weight excluding hydrogens is 277 g/mol. The molecule has 0 radical (unpaired) electrons. The average Bonchev–Trinajstić information content (AvgIpc) is 1.97. The molecule has 0 aliphatic heterocycles. The summed E-state index contributed by atoms with van der Waals surface area (Å²) in [7, 11) is -9.52. The van der Waals surface area contributed by atoms with Crippen molar-refractivity contribution in [1.29, 1.82) is 0 Å². The van der Waals surface area contributed by atoms with Crippen molar-refractivity contribution >= 4 is 94.6 Å². The second-order valence-electron chi connectivity index (χ2n) is 2.02. The monoisotopic (exact) mass is 286 g/mol. The first kappa shape index (κ1) is 24.2. The van der Waals surface area contributed by atoms with E-state index in [0.717, 1.165) is 0 Å². The summed E-state index contributed by atoms with van der Waals surface area (Å²) >= 11 is 0. The van der Waals surface area contributed by atoms with Crippen molar-refractivity contribution in [2.45, 2.75) is 0 Å². The van der Waals surface area contributed by atoms with Crippen molar-refractivity contribution in [1.82, 2.24) is 0 Å². The molecule has 0 amide bonds.